The number of halogens is 1. The largest absolute Gasteiger partial charge is 0.455 e. The third-order valence-corrected chi connectivity index (χ3v) is 9.84. The minimum atomic E-state index is -1.28. The summed E-state index contributed by atoms with van der Waals surface area (Å²) in [4.78, 5) is 59.1. The molecule has 3 saturated heterocycles. The van der Waals surface area contributed by atoms with Crippen LogP contribution in [-0.4, -0.2) is 90.9 Å². The Morgan fingerprint density at radius 3 is 2.55 bits per heavy atom. The number of fused-ring (bicyclic) bond motifs is 1. The molecule has 3 fully saturated rings. The van der Waals surface area contributed by atoms with Gasteiger partial charge in [0, 0.05) is 43.9 Å². The van der Waals surface area contributed by atoms with E-state index in [0.29, 0.717) is 35.5 Å². The fraction of sp³-hybridized carbons (Fsp3) is 0.459. The van der Waals surface area contributed by atoms with Gasteiger partial charge in [0.05, 0.1) is 30.6 Å². The van der Waals surface area contributed by atoms with Crippen LogP contribution >= 0.6 is 11.6 Å². The lowest BCUT2D eigenvalue weighted by Gasteiger charge is -2.36. The second-order valence-corrected chi connectivity index (χ2v) is 13.0. The lowest BCUT2D eigenvalue weighted by atomic mass is 9.70. The molecule has 7 atom stereocenters. The highest BCUT2D eigenvalue weighted by atomic mass is 35.5. The smallest absolute Gasteiger partial charge is 0.313 e. The Labute approximate surface area is 291 Å². The van der Waals surface area contributed by atoms with Gasteiger partial charge in [-0.15, -0.1) is 13.2 Å². The monoisotopic (exact) mass is 693 g/mol. The molecule has 3 amide bonds. The summed E-state index contributed by atoms with van der Waals surface area (Å²) in [6.45, 7) is 7.63. The fourth-order valence-corrected chi connectivity index (χ4v) is 7.65. The number of methoxy groups -OCH3 is 1. The number of aliphatic hydroxyl groups is 1. The molecule has 262 valence electrons. The fourth-order valence-electron chi connectivity index (χ4n) is 7.53. The van der Waals surface area contributed by atoms with Gasteiger partial charge in [-0.05, 0) is 55.5 Å². The van der Waals surface area contributed by atoms with Crippen LogP contribution in [0, 0.1) is 11.8 Å². The van der Waals surface area contributed by atoms with E-state index in [0.717, 1.165) is 0 Å². The molecule has 0 radical (unpaired) electrons. The number of hydrogen-bond acceptors (Lipinski definition) is 8. The maximum atomic E-state index is 14.6. The van der Waals surface area contributed by atoms with Crippen molar-refractivity contribution < 1.29 is 38.5 Å². The molecule has 11 nitrogen and oxygen atoms in total. The highest BCUT2D eigenvalue weighted by molar-refractivity contribution is 6.30. The first-order chi connectivity index (χ1) is 23.7. The Morgan fingerprint density at radius 1 is 1.16 bits per heavy atom. The number of anilines is 1. The average Bonchev–Trinajstić information content (AvgIpc) is 3.75. The SMILES string of the molecule is C=CCCC(=O)N[C@H](COC)[C@H](OC(=O)[C@@H]1[C@@H]2CC[C@]3(O2)[C@H](C(=O)N(CC=C)c2ccc(Cl)cc2)N(CCCO)C(=O)[C@@H]13)c1ccccc1. The Morgan fingerprint density at radius 2 is 1.90 bits per heavy atom. The van der Waals surface area contributed by atoms with Crippen LogP contribution in [0.3, 0.4) is 0 Å². The Kier molecular flexibility index (Phi) is 11.9. The number of benzene rings is 2. The van der Waals surface area contributed by atoms with Gasteiger partial charge in [-0.25, -0.2) is 0 Å². The highest BCUT2D eigenvalue weighted by Crippen LogP contribution is 2.59. The van der Waals surface area contributed by atoms with Crippen LogP contribution < -0.4 is 10.2 Å². The van der Waals surface area contributed by atoms with Crippen molar-refractivity contribution in [1.29, 1.82) is 0 Å². The van der Waals surface area contributed by atoms with E-state index >= 15 is 0 Å². The molecule has 2 N–H and O–H groups in total. The number of rotatable bonds is 17. The summed E-state index contributed by atoms with van der Waals surface area (Å²) in [7, 11) is 1.50. The Hall–Kier alpha value is -4.03. The van der Waals surface area contributed by atoms with Crippen LogP contribution in [-0.2, 0) is 33.4 Å². The van der Waals surface area contributed by atoms with Crippen molar-refractivity contribution in [2.24, 2.45) is 11.8 Å². The molecule has 0 unspecified atom stereocenters. The summed E-state index contributed by atoms with van der Waals surface area (Å²) in [6.07, 6.45) is 3.40. The molecule has 0 aromatic heterocycles. The zero-order valence-corrected chi connectivity index (χ0v) is 28.4. The number of carbonyl (C=O) groups is 4. The van der Waals surface area contributed by atoms with E-state index in [4.69, 9.17) is 25.8 Å². The van der Waals surface area contributed by atoms with Gasteiger partial charge in [-0.2, -0.15) is 0 Å². The molecule has 5 rings (SSSR count). The first-order valence-corrected chi connectivity index (χ1v) is 17.0. The van der Waals surface area contributed by atoms with E-state index in [2.05, 4.69) is 18.5 Å². The van der Waals surface area contributed by atoms with Crippen LogP contribution in [0.15, 0.2) is 79.9 Å². The van der Waals surface area contributed by atoms with E-state index in [9.17, 15) is 24.3 Å². The first-order valence-electron chi connectivity index (χ1n) is 16.6. The number of allylic oxidation sites excluding steroid dienone is 1. The summed E-state index contributed by atoms with van der Waals surface area (Å²) in [5.41, 5.74) is -0.0759. The number of ether oxygens (including phenoxy) is 3. The van der Waals surface area contributed by atoms with Gasteiger partial charge in [0.15, 0.2) is 0 Å². The molecular weight excluding hydrogens is 650 g/mol. The zero-order valence-electron chi connectivity index (χ0n) is 27.7. The summed E-state index contributed by atoms with van der Waals surface area (Å²) >= 11 is 6.13. The topological polar surface area (TPSA) is 135 Å². The summed E-state index contributed by atoms with van der Waals surface area (Å²) < 4.78 is 18.3. The molecule has 49 heavy (non-hydrogen) atoms. The standard InChI is InChI=1S/C37H44ClN3O8/c1-4-6-13-29(43)39-27(23-47-3)32(24-11-8-7-9-12-24)48-36(46)30-28-18-19-37(49-28)31(30)34(44)41(21-10-22-42)33(37)35(45)40(20-5-2)26-16-14-25(38)15-17-26/h4-5,7-9,11-12,14-17,27-28,30-33,42H,1-2,6,10,13,18-23H2,3H3,(H,39,43)/t27-,28+,30-,31-,32-,33+,37-/m1/s1. The van der Waals surface area contributed by atoms with Crippen LogP contribution in [0.2, 0.25) is 5.02 Å². The number of nitrogens with one attached hydrogen (secondary N) is 1. The first kappa shape index (κ1) is 36.3. The number of esters is 1. The number of nitrogens with zero attached hydrogens (tertiary/aromatic N) is 2. The molecule has 3 heterocycles. The van der Waals surface area contributed by atoms with Crippen LogP contribution in [0.4, 0.5) is 5.69 Å². The van der Waals surface area contributed by atoms with Crippen molar-refractivity contribution in [3.8, 4) is 0 Å². The predicted molar refractivity (Wildman–Crippen MR) is 184 cm³/mol. The number of carbonyl (C=O) groups excluding carboxylic acids is 4. The molecule has 2 aromatic carbocycles. The molecule has 3 aliphatic rings. The highest BCUT2D eigenvalue weighted by Gasteiger charge is 2.75. The lowest BCUT2D eigenvalue weighted by molar-refractivity contribution is -0.163. The van der Waals surface area contributed by atoms with E-state index in [1.54, 1.807) is 60.7 Å². The number of amides is 3. The van der Waals surface area contributed by atoms with Crippen molar-refractivity contribution in [1.82, 2.24) is 10.2 Å². The van der Waals surface area contributed by atoms with E-state index in [1.165, 1.54) is 16.9 Å². The second kappa shape index (κ2) is 16.1. The van der Waals surface area contributed by atoms with Crippen LogP contribution in [0.25, 0.3) is 0 Å². The van der Waals surface area contributed by atoms with Gasteiger partial charge in [0.2, 0.25) is 11.8 Å². The maximum absolute atomic E-state index is 14.6. The molecule has 12 heteroatoms. The van der Waals surface area contributed by atoms with E-state index in [-0.39, 0.29) is 51.0 Å². The van der Waals surface area contributed by atoms with E-state index in [1.807, 2.05) is 6.07 Å². The van der Waals surface area contributed by atoms with Crippen molar-refractivity contribution >= 4 is 41.0 Å². The molecule has 1 spiro atoms. The second-order valence-electron chi connectivity index (χ2n) is 12.6. The van der Waals surface area contributed by atoms with Crippen molar-refractivity contribution in [2.45, 2.75) is 62.0 Å². The van der Waals surface area contributed by atoms with Crippen LogP contribution in [0.1, 0.15) is 43.8 Å². The number of hydrogen-bond donors (Lipinski definition) is 2. The lowest BCUT2D eigenvalue weighted by Crippen LogP contribution is -2.56. The number of aliphatic hydroxyl groups excluding tert-OH is 1. The van der Waals surface area contributed by atoms with Crippen molar-refractivity contribution in [2.75, 3.05) is 38.3 Å². The quantitative estimate of drug-likeness (QED) is 0.188. The minimum absolute atomic E-state index is 0.0545. The average molecular weight is 694 g/mol. The van der Waals surface area contributed by atoms with Crippen molar-refractivity contribution in [3.05, 3.63) is 90.5 Å². The van der Waals surface area contributed by atoms with Gasteiger partial charge in [-0.3, -0.25) is 19.2 Å². The number of likely N-dealkylation sites (tertiary alicyclic amines) is 1. The normalized spacial score (nSPS) is 25.0. The third-order valence-electron chi connectivity index (χ3n) is 9.58. The zero-order chi connectivity index (χ0) is 35.1. The van der Waals surface area contributed by atoms with Crippen molar-refractivity contribution in [3.63, 3.8) is 0 Å². The third kappa shape index (κ3) is 7.30. The van der Waals surface area contributed by atoms with Gasteiger partial charge in [-0.1, -0.05) is 54.1 Å². The maximum Gasteiger partial charge on any atom is 0.313 e. The molecular formula is C37H44ClN3O8. The minimum Gasteiger partial charge on any atom is -0.455 e. The Balaban J connectivity index is 1.48. The van der Waals surface area contributed by atoms with Crippen LogP contribution in [0.5, 0.6) is 0 Å². The Bertz CT molecular complexity index is 1520. The molecule has 0 aliphatic carbocycles. The molecule has 0 saturated carbocycles. The van der Waals surface area contributed by atoms with Gasteiger partial charge in [0.25, 0.3) is 5.91 Å². The molecule has 2 bridgehead atoms. The van der Waals surface area contributed by atoms with Gasteiger partial charge >= 0.3 is 5.97 Å². The van der Waals surface area contributed by atoms with Gasteiger partial charge < -0.3 is 34.4 Å². The molecule has 3 aliphatic heterocycles. The summed E-state index contributed by atoms with van der Waals surface area (Å²) in [5.74, 6) is -3.66. The molecule has 2 aromatic rings. The predicted octanol–water partition coefficient (Wildman–Crippen LogP) is 4.00. The summed E-state index contributed by atoms with van der Waals surface area (Å²) in [5, 5.41) is 13.2. The van der Waals surface area contributed by atoms with E-state index < -0.39 is 53.6 Å². The summed E-state index contributed by atoms with van der Waals surface area (Å²) in [6, 6.07) is 14.0. The van der Waals surface area contributed by atoms with Gasteiger partial charge in [0.1, 0.15) is 17.7 Å².